The van der Waals surface area contributed by atoms with Crippen molar-refractivity contribution in [3.05, 3.63) is 83.7 Å². The van der Waals surface area contributed by atoms with Crippen LogP contribution in [0.25, 0.3) is 0 Å². The average molecular weight is 409 g/mol. The Bertz CT molecular complexity index is 1010. The fourth-order valence-corrected chi connectivity index (χ4v) is 3.22. The highest BCUT2D eigenvalue weighted by Crippen LogP contribution is 2.24. The summed E-state index contributed by atoms with van der Waals surface area (Å²) in [5, 5.41) is 17.6. The van der Waals surface area contributed by atoms with Gasteiger partial charge in [-0.1, -0.05) is 12.1 Å². The minimum Gasteiger partial charge on any atom is -0.618 e. The lowest BCUT2D eigenvalue weighted by Gasteiger charge is -2.10. The maximum atomic E-state index is 12.4. The molecule has 3 aromatic rings. The van der Waals surface area contributed by atoms with E-state index in [0.29, 0.717) is 32.4 Å². The van der Waals surface area contributed by atoms with Gasteiger partial charge in [0.2, 0.25) is 5.91 Å². The summed E-state index contributed by atoms with van der Waals surface area (Å²) in [6.07, 6.45) is 1.38. The predicted octanol–water partition coefficient (Wildman–Crippen LogP) is 3.31. The van der Waals surface area contributed by atoms with Crippen molar-refractivity contribution in [2.75, 3.05) is 23.5 Å². The van der Waals surface area contributed by atoms with E-state index in [0.717, 1.165) is 11.8 Å². The Morgan fingerprint density at radius 2 is 1.72 bits per heavy atom. The van der Waals surface area contributed by atoms with E-state index >= 15 is 0 Å². The first-order valence-corrected chi connectivity index (χ1v) is 9.70. The Morgan fingerprint density at radius 3 is 2.45 bits per heavy atom. The third kappa shape index (κ3) is 5.49. The molecule has 2 amide bonds. The lowest BCUT2D eigenvalue weighted by Crippen LogP contribution is -2.28. The van der Waals surface area contributed by atoms with E-state index in [4.69, 9.17) is 4.74 Å². The first kappa shape index (κ1) is 20.2. The molecule has 0 aliphatic rings. The van der Waals surface area contributed by atoms with Gasteiger partial charge in [-0.05, 0) is 54.2 Å². The standard InChI is InChI=1S/C21H19N3O4S/c1-28-18-7-3-2-6-17(18)23-21(26)15-9-11-16(12-10-15)22-19(25)14-29-20-8-4-5-13-24(20)27/h2-13H,14H2,1H3,(H,22,25)(H,23,26). The molecule has 148 valence electrons. The lowest BCUT2D eigenvalue weighted by molar-refractivity contribution is -0.645. The number of hydrogen-bond donors (Lipinski definition) is 2. The molecule has 0 bridgehead atoms. The van der Waals surface area contributed by atoms with Gasteiger partial charge < -0.3 is 20.6 Å². The van der Waals surface area contributed by atoms with Crippen LogP contribution < -0.4 is 20.1 Å². The molecule has 29 heavy (non-hydrogen) atoms. The molecule has 0 atom stereocenters. The summed E-state index contributed by atoms with van der Waals surface area (Å²) in [6.45, 7) is 0. The number of para-hydroxylation sites is 2. The highest BCUT2D eigenvalue weighted by Gasteiger charge is 2.11. The number of carbonyl (C=O) groups is 2. The highest BCUT2D eigenvalue weighted by atomic mass is 32.2. The topological polar surface area (TPSA) is 94.4 Å². The monoisotopic (exact) mass is 409 g/mol. The normalized spacial score (nSPS) is 10.2. The fourth-order valence-electron chi connectivity index (χ4n) is 2.51. The maximum absolute atomic E-state index is 12.4. The van der Waals surface area contributed by atoms with Gasteiger partial charge in [0.05, 0.1) is 18.6 Å². The quantitative estimate of drug-likeness (QED) is 0.355. The molecule has 2 aromatic carbocycles. The van der Waals surface area contributed by atoms with Gasteiger partial charge in [0.15, 0.2) is 6.20 Å². The Morgan fingerprint density at radius 1 is 1.00 bits per heavy atom. The molecule has 0 saturated carbocycles. The number of nitrogens with one attached hydrogen (secondary N) is 2. The third-order valence-corrected chi connectivity index (χ3v) is 4.94. The smallest absolute Gasteiger partial charge is 0.255 e. The summed E-state index contributed by atoms with van der Waals surface area (Å²) in [4.78, 5) is 24.5. The molecule has 0 radical (unpaired) electrons. The average Bonchev–Trinajstić information content (AvgIpc) is 2.74. The van der Waals surface area contributed by atoms with Crippen LogP contribution in [-0.2, 0) is 4.79 Å². The number of benzene rings is 2. The third-order valence-electron chi connectivity index (χ3n) is 3.93. The number of ether oxygens (including phenoxy) is 1. The van der Waals surface area contributed by atoms with Gasteiger partial charge in [-0.2, -0.15) is 4.73 Å². The number of methoxy groups -OCH3 is 1. The van der Waals surface area contributed by atoms with Crippen LogP contribution in [-0.4, -0.2) is 24.7 Å². The molecule has 1 aromatic heterocycles. The molecular weight excluding hydrogens is 390 g/mol. The number of aromatic nitrogens is 1. The number of anilines is 2. The molecule has 0 aliphatic heterocycles. The molecule has 0 fully saturated rings. The van der Waals surface area contributed by atoms with E-state index in [2.05, 4.69) is 10.6 Å². The second kappa shape index (κ2) is 9.61. The van der Waals surface area contributed by atoms with Crippen LogP contribution in [0.2, 0.25) is 0 Å². The second-order valence-electron chi connectivity index (χ2n) is 5.93. The zero-order valence-electron chi connectivity index (χ0n) is 15.6. The van der Waals surface area contributed by atoms with Crippen molar-refractivity contribution >= 4 is 35.0 Å². The van der Waals surface area contributed by atoms with Crippen LogP contribution in [0.15, 0.2) is 78.0 Å². The van der Waals surface area contributed by atoms with Crippen molar-refractivity contribution in [3.63, 3.8) is 0 Å². The first-order valence-electron chi connectivity index (χ1n) is 8.72. The molecule has 1 heterocycles. The van der Waals surface area contributed by atoms with Crippen molar-refractivity contribution in [3.8, 4) is 5.75 Å². The van der Waals surface area contributed by atoms with E-state index in [1.165, 1.54) is 13.3 Å². The van der Waals surface area contributed by atoms with Crippen LogP contribution in [0.5, 0.6) is 5.75 Å². The van der Waals surface area contributed by atoms with Crippen molar-refractivity contribution < 1.29 is 19.1 Å². The minimum absolute atomic E-state index is 0.0995. The lowest BCUT2D eigenvalue weighted by atomic mass is 10.2. The van der Waals surface area contributed by atoms with Crippen molar-refractivity contribution in [2.24, 2.45) is 0 Å². The Hall–Kier alpha value is -3.52. The zero-order valence-corrected chi connectivity index (χ0v) is 16.4. The molecule has 3 rings (SSSR count). The molecule has 8 heteroatoms. The summed E-state index contributed by atoms with van der Waals surface area (Å²) in [7, 11) is 1.54. The summed E-state index contributed by atoms with van der Waals surface area (Å²) >= 11 is 1.15. The van der Waals surface area contributed by atoms with Crippen LogP contribution in [0.1, 0.15) is 10.4 Å². The largest absolute Gasteiger partial charge is 0.618 e. The van der Waals surface area contributed by atoms with Crippen LogP contribution in [0, 0.1) is 5.21 Å². The number of hydrogen-bond acceptors (Lipinski definition) is 5. The summed E-state index contributed by atoms with van der Waals surface area (Å²) in [5.74, 6) is 0.139. The van der Waals surface area contributed by atoms with Crippen LogP contribution in [0.4, 0.5) is 11.4 Å². The van der Waals surface area contributed by atoms with Gasteiger partial charge in [0, 0.05) is 23.4 Å². The molecule has 2 N–H and O–H groups in total. The van der Waals surface area contributed by atoms with Crippen LogP contribution >= 0.6 is 11.8 Å². The Labute approximate surface area is 172 Å². The van der Waals surface area contributed by atoms with Gasteiger partial charge in [-0.25, -0.2) is 0 Å². The van der Waals surface area contributed by atoms with Crippen molar-refractivity contribution in [2.45, 2.75) is 5.03 Å². The summed E-state index contributed by atoms with van der Waals surface area (Å²) in [6, 6.07) is 18.7. The van der Waals surface area contributed by atoms with Gasteiger partial charge in [0.1, 0.15) is 5.75 Å². The molecule has 0 spiro atoms. The van der Waals surface area contributed by atoms with Gasteiger partial charge in [-0.15, -0.1) is 0 Å². The second-order valence-corrected chi connectivity index (χ2v) is 6.93. The van der Waals surface area contributed by atoms with E-state index in [-0.39, 0.29) is 17.6 Å². The van der Waals surface area contributed by atoms with E-state index in [1.807, 2.05) is 6.07 Å². The van der Waals surface area contributed by atoms with Crippen molar-refractivity contribution in [1.82, 2.24) is 0 Å². The van der Waals surface area contributed by atoms with Gasteiger partial charge >= 0.3 is 0 Å². The number of amides is 2. The first-order chi connectivity index (χ1) is 14.1. The molecular formula is C21H19N3O4S. The maximum Gasteiger partial charge on any atom is 0.255 e. The number of nitrogens with zero attached hydrogens (tertiary/aromatic N) is 1. The fraction of sp³-hybridized carbons (Fsp3) is 0.0952. The zero-order chi connectivity index (χ0) is 20.6. The molecule has 0 unspecified atom stereocenters. The molecule has 7 nitrogen and oxygen atoms in total. The molecule has 0 aliphatic carbocycles. The number of rotatable bonds is 7. The van der Waals surface area contributed by atoms with E-state index in [9.17, 15) is 14.8 Å². The van der Waals surface area contributed by atoms with Crippen molar-refractivity contribution in [1.29, 1.82) is 0 Å². The number of carbonyl (C=O) groups excluding carboxylic acids is 2. The SMILES string of the molecule is COc1ccccc1NC(=O)c1ccc(NC(=O)CSc2cccc[n+]2[O-])cc1. The number of pyridine rings is 1. The minimum atomic E-state index is -0.285. The Balaban J connectivity index is 1.56. The Kier molecular flexibility index (Phi) is 6.70. The highest BCUT2D eigenvalue weighted by molar-refractivity contribution is 7.99. The van der Waals surface area contributed by atoms with E-state index in [1.54, 1.807) is 60.7 Å². The van der Waals surface area contributed by atoms with Gasteiger partial charge in [0.25, 0.3) is 10.9 Å². The summed E-state index contributed by atoms with van der Waals surface area (Å²) in [5.41, 5.74) is 1.58. The van der Waals surface area contributed by atoms with Gasteiger partial charge in [-0.3, -0.25) is 9.59 Å². The van der Waals surface area contributed by atoms with E-state index < -0.39 is 0 Å². The molecule has 0 saturated heterocycles. The number of thioether (sulfide) groups is 1. The van der Waals surface area contributed by atoms with Crippen LogP contribution in [0.3, 0.4) is 0 Å². The summed E-state index contributed by atoms with van der Waals surface area (Å²) < 4.78 is 5.94. The predicted molar refractivity (Wildman–Crippen MR) is 112 cm³/mol.